The summed E-state index contributed by atoms with van der Waals surface area (Å²) in [7, 11) is 0. The zero-order chi connectivity index (χ0) is 22.1. The Hall–Kier alpha value is -3.74. The number of rotatable bonds is 9. The topological polar surface area (TPSA) is 67.4 Å². The van der Waals surface area contributed by atoms with Crippen LogP contribution < -0.4 is 10.6 Å². The van der Waals surface area contributed by atoms with E-state index in [0.29, 0.717) is 24.2 Å². The molecule has 0 saturated carbocycles. The van der Waals surface area contributed by atoms with Crippen LogP contribution in [0.2, 0.25) is 0 Å². The van der Waals surface area contributed by atoms with E-state index in [2.05, 4.69) is 10.6 Å². The van der Waals surface area contributed by atoms with Crippen molar-refractivity contribution in [3.8, 4) is 0 Å². The van der Waals surface area contributed by atoms with Crippen molar-refractivity contribution in [1.29, 1.82) is 0 Å². The van der Waals surface area contributed by atoms with Crippen LogP contribution in [0.4, 0.5) is 14.5 Å². The lowest BCUT2D eigenvalue weighted by molar-refractivity contribution is -0.124. The zero-order valence-electron chi connectivity index (χ0n) is 16.7. The first-order valence-corrected chi connectivity index (χ1v) is 9.77. The van der Waals surface area contributed by atoms with Crippen LogP contribution in [0.25, 0.3) is 0 Å². The number of para-hydroxylation sites is 1. The van der Waals surface area contributed by atoms with Gasteiger partial charge in [0.05, 0.1) is 5.56 Å². The second-order valence-electron chi connectivity index (χ2n) is 6.83. The largest absolute Gasteiger partial charge is 0.452 e. The van der Waals surface area contributed by atoms with Gasteiger partial charge in [-0.25, -0.2) is 13.6 Å². The number of amides is 1. The van der Waals surface area contributed by atoms with E-state index in [0.717, 1.165) is 11.1 Å². The third-order valence-electron chi connectivity index (χ3n) is 4.53. The molecule has 1 amide bonds. The fourth-order valence-corrected chi connectivity index (χ4v) is 2.87. The maximum absolute atomic E-state index is 13.0. The van der Waals surface area contributed by atoms with Gasteiger partial charge in [0, 0.05) is 18.8 Å². The van der Waals surface area contributed by atoms with Gasteiger partial charge >= 0.3 is 5.97 Å². The van der Waals surface area contributed by atoms with Crippen LogP contribution in [0.5, 0.6) is 0 Å². The van der Waals surface area contributed by atoms with Crippen molar-refractivity contribution < 1.29 is 23.1 Å². The average molecular weight is 424 g/mol. The molecule has 0 fully saturated rings. The molecule has 0 radical (unpaired) electrons. The number of nitrogens with one attached hydrogen (secondary N) is 2. The van der Waals surface area contributed by atoms with Crippen molar-refractivity contribution in [1.82, 2.24) is 5.32 Å². The van der Waals surface area contributed by atoms with Gasteiger partial charge < -0.3 is 15.4 Å². The van der Waals surface area contributed by atoms with Crippen molar-refractivity contribution in [3.63, 3.8) is 0 Å². The van der Waals surface area contributed by atoms with Crippen molar-refractivity contribution in [3.05, 3.63) is 101 Å². The van der Waals surface area contributed by atoms with Crippen LogP contribution in [-0.2, 0) is 22.5 Å². The summed E-state index contributed by atoms with van der Waals surface area (Å²) in [6, 6.07) is 18.8. The maximum Gasteiger partial charge on any atom is 0.340 e. The number of anilines is 1. The Labute approximate surface area is 179 Å². The summed E-state index contributed by atoms with van der Waals surface area (Å²) >= 11 is 0. The highest BCUT2D eigenvalue weighted by molar-refractivity contribution is 5.96. The molecule has 0 spiro atoms. The number of esters is 1. The molecule has 0 heterocycles. The van der Waals surface area contributed by atoms with Gasteiger partial charge in [-0.3, -0.25) is 4.79 Å². The first kappa shape index (κ1) is 22.0. The van der Waals surface area contributed by atoms with E-state index in [1.54, 1.807) is 48.5 Å². The van der Waals surface area contributed by atoms with Crippen LogP contribution in [0, 0.1) is 11.6 Å². The zero-order valence-corrected chi connectivity index (χ0v) is 16.7. The number of carbonyl (C=O) groups excluding carboxylic acids is 2. The van der Waals surface area contributed by atoms with Gasteiger partial charge in [0.15, 0.2) is 6.61 Å². The molecule has 0 aliphatic rings. The lowest BCUT2D eigenvalue weighted by atomic mass is 10.1. The van der Waals surface area contributed by atoms with E-state index >= 15 is 0 Å². The molecular formula is C24H22F2N2O3. The predicted molar refractivity (Wildman–Crippen MR) is 114 cm³/mol. The van der Waals surface area contributed by atoms with Crippen LogP contribution in [0.3, 0.4) is 0 Å². The van der Waals surface area contributed by atoms with Crippen LogP contribution in [0.15, 0.2) is 72.8 Å². The Balaban J connectivity index is 1.47. The summed E-state index contributed by atoms with van der Waals surface area (Å²) in [5.74, 6) is -1.72. The van der Waals surface area contributed by atoms with Crippen molar-refractivity contribution in [2.45, 2.75) is 13.0 Å². The third-order valence-corrected chi connectivity index (χ3v) is 4.53. The van der Waals surface area contributed by atoms with Gasteiger partial charge in [-0.15, -0.1) is 0 Å². The van der Waals surface area contributed by atoms with E-state index in [1.165, 1.54) is 24.3 Å². The molecule has 0 aromatic heterocycles. The SMILES string of the molecule is O=C(COC(=O)c1ccccc1NCCc1ccc(F)cc1)NCc1ccc(F)cc1. The van der Waals surface area contributed by atoms with Gasteiger partial charge in [0.2, 0.25) is 0 Å². The molecule has 31 heavy (non-hydrogen) atoms. The molecule has 0 bridgehead atoms. The number of ether oxygens (including phenoxy) is 1. The molecule has 2 N–H and O–H groups in total. The molecule has 160 valence electrons. The highest BCUT2D eigenvalue weighted by Gasteiger charge is 2.14. The summed E-state index contributed by atoms with van der Waals surface area (Å²) in [6.45, 7) is 0.316. The average Bonchev–Trinajstić information content (AvgIpc) is 2.79. The molecule has 3 aromatic carbocycles. The number of halogens is 2. The minimum Gasteiger partial charge on any atom is -0.452 e. The molecule has 0 saturated heterocycles. The number of benzene rings is 3. The molecule has 5 nitrogen and oxygen atoms in total. The number of carbonyl (C=O) groups is 2. The van der Waals surface area contributed by atoms with Crippen LogP contribution in [-0.4, -0.2) is 25.0 Å². The summed E-state index contributed by atoms with van der Waals surface area (Å²) in [5, 5.41) is 5.79. The monoisotopic (exact) mass is 424 g/mol. The molecule has 0 aliphatic carbocycles. The Morgan fingerprint density at radius 1 is 0.806 bits per heavy atom. The number of hydrogen-bond acceptors (Lipinski definition) is 4. The van der Waals surface area contributed by atoms with E-state index in [4.69, 9.17) is 4.74 Å². The quantitative estimate of drug-likeness (QED) is 0.508. The Bertz CT molecular complexity index is 1020. The van der Waals surface area contributed by atoms with Gasteiger partial charge in [0.1, 0.15) is 11.6 Å². The van der Waals surface area contributed by atoms with Crippen molar-refractivity contribution in [2.24, 2.45) is 0 Å². The van der Waals surface area contributed by atoms with Crippen molar-refractivity contribution >= 4 is 17.6 Å². The van der Waals surface area contributed by atoms with Gasteiger partial charge in [0.25, 0.3) is 5.91 Å². The number of hydrogen-bond donors (Lipinski definition) is 2. The summed E-state index contributed by atoms with van der Waals surface area (Å²) in [6.07, 6.45) is 0.648. The minimum atomic E-state index is -0.623. The fourth-order valence-electron chi connectivity index (χ4n) is 2.87. The summed E-state index contributed by atoms with van der Waals surface area (Å²) in [5.41, 5.74) is 2.60. The standard InChI is InChI=1S/C24H22F2N2O3/c25-19-9-5-17(6-10-19)13-14-27-22-4-2-1-3-21(22)24(30)31-16-23(29)28-15-18-7-11-20(26)12-8-18/h1-12,27H,13-16H2,(H,28,29). The first-order valence-electron chi connectivity index (χ1n) is 9.77. The summed E-state index contributed by atoms with van der Waals surface area (Å²) in [4.78, 5) is 24.4. The lowest BCUT2D eigenvalue weighted by Gasteiger charge is -2.12. The van der Waals surface area contributed by atoms with Crippen molar-refractivity contribution in [2.75, 3.05) is 18.5 Å². The van der Waals surface area contributed by atoms with Gasteiger partial charge in [-0.05, 0) is 53.9 Å². The molecule has 3 rings (SSSR count). The molecular weight excluding hydrogens is 402 g/mol. The van der Waals surface area contributed by atoms with Crippen LogP contribution in [0.1, 0.15) is 21.5 Å². The molecule has 0 unspecified atom stereocenters. The molecule has 0 atom stereocenters. The molecule has 7 heteroatoms. The fraction of sp³-hybridized carbons (Fsp3) is 0.167. The van der Waals surface area contributed by atoms with Gasteiger partial charge in [-0.2, -0.15) is 0 Å². The highest BCUT2D eigenvalue weighted by Crippen LogP contribution is 2.16. The van der Waals surface area contributed by atoms with Crippen LogP contribution >= 0.6 is 0 Å². The van der Waals surface area contributed by atoms with E-state index in [-0.39, 0.29) is 18.2 Å². The Kier molecular flexibility index (Phi) is 7.70. The second kappa shape index (κ2) is 10.9. The lowest BCUT2D eigenvalue weighted by Crippen LogP contribution is -2.28. The predicted octanol–water partition coefficient (Wildman–Crippen LogP) is 4.09. The maximum atomic E-state index is 13.0. The first-order chi connectivity index (χ1) is 15.0. The van der Waals surface area contributed by atoms with E-state index in [1.807, 2.05) is 0 Å². The third kappa shape index (κ3) is 6.92. The van der Waals surface area contributed by atoms with Gasteiger partial charge in [-0.1, -0.05) is 36.4 Å². The summed E-state index contributed by atoms with van der Waals surface area (Å²) < 4.78 is 31.0. The van der Waals surface area contributed by atoms with E-state index < -0.39 is 18.5 Å². The smallest absolute Gasteiger partial charge is 0.340 e. The molecule has 0 aliphatic heterocycles. The second-order valence-corrected chi connectivity index (χ2v) is 6.83. The molecule has 3 aromatic rings. The van der Waals surface area contributed by atoms with E-state index in [9.17, 15) is 18.4 Å². The normalized spacial score (nSPS) is 10.4. The Morgan fingerprint density at radius 3 is 2.10 bits per heavy atom. The Morgan fingerprint density at radius 2 is 1.42 bits per heavy atom. The highest BCUT2D eigenvalue weighted by atomic mass is 19.1. The minimum absolute atomic E-state index is 0.207.